The molecular formula is C2H7NO5Y. The number of aliphatic hydroxyl groups is 1. The summed E-state index contributed by atoms with van der Waals surface area (Å²) < 4.78 is 4.10. The van der Waals surface area contributed by atoms with Crippen LogP contribution in [0.5, 0.6) is 0 Å². The molecule has 0 aliphatic rings. The van der Waals surface area contributed by atoms with Gasteiger partial charge < -0.3 is 15.1 Å². The maximum atomic E-state index is 8.36. The number of methoxy groups -OCH3 is 1. The van der Waals surface area contributed by atoms with E-state index in [-0.39, 0.29) is 39.5 Å². The monoisotopic (exact) mass is 214 g/mol. The molecule has 0 aromatic carbocycles. The first-order chi connectivity index (χ1) is 3.65. The number of ether oxygens (including phenoxy) is 1. The second-order valence-electron chi connectivity index (χ2n) is 0.656. The molecule has 7 heteroatoms. The van der Waals surface area contributed by atoms with Crippen molar-refractivity contribution in [1.29, 1.82) is 0 Å². The number of rotatable bonds is 1. The molecule has 0 saturated heterocycles. The van der Waals surface area contributed by atoms with Crippen molar-refractivity contribution in [2.75, 3.05) is 13.9 Å². The molecule has 53 valence electrons. The predicted octanol–water partition coefficient (Wildman–Crippen LogP) is -0.768. The summed E-state index contributed by atoms with van der Waals surface area (Å²) in [6.07, 6.45) is 0. The van der Waals surface area contributed by atoms with Crippen LogP contribution in [0.15, 0.2) is 0 Å². The summed E-state index contributed by atoms with van der Waals surface area (Å²) >= 11 is 0. The van der Waals surface area contributed by atoms with Crippen LogP contribution in [0.2, 0.25) is 0 Å². The van der Waals surface area contributed by atoms with Gasteiger partial charge in [-0.1, -0.05) is 0 Å². The summed E-state index contributed by atoms with van der Waals surface area (Å²) in [6.45, 7) is -0.181. The zero-order chi connectivity index (χ0) is 6.99. The first-order valence-corrected chi connectivity index (χ1v) is 1.58. The van der Waals surface area contributed by atoms with E-state index in [1.165, 1.54) is 7.11 Å². The average molecular weight is 214 g/mol. The van der Waals surface area contributed by atoms with Crippen molar-refractivity contribution in [2.45, 2.75) is 0 Å². The van der Waals surface area contributed by atoms with Crippen molar-refractivity contribution in [3.8, 4) is 0 Å². The van der Waals surface area contributed by atoms with Gasteiger partial charge in [0.05, 0.1) is 0 Å². The van der Waals surface area contributed by atoms with Crippen molar-refractivity contribution in [1.82, 2.24) is 0 Å². The third kappa shape index (κ3) is 213. The Morgan fingerprint density at radius 1 is 1.78 bits per heavy atom. The topological polar surface area (TPSA) is 92.8 Å². The first-order valence-electron chi connectivity index (χ1n) is 1.58. The normalized spacial score (nSPS) is 6.00. The Morgan fingerprint density at radius 2 is 1.89 bits per heavy atom. The first kappa shape index (κ1) is 16.1. The molecule has 0 heterocycles. The molecule has 0 aromatic rings. The Hall–Kier alpha value is 0.224. The van der Waals surface area contributed by atoms with E-state index in [1.807, 2.05) is 0 Å². The van der Waals surface area contributed by atoms with E-state index in [2.05, 4.69) is 4.74 Å². The van der Waals surface area contributed by atoms with Crippen molar-refractivity contribution in [3.63, 3.8) is 0 Å². The van der Waals surface area contributed by atoms with Crippen LogP contribution in [0.1, 0.15) is 0 Å². The van der Waals surface area contributed by atoms with Crippen molar-refractivity contribution < 1.29 is 52.8 Å². The van der Waals surface area contributed by atoms with E-state index >= 15 is 0 Å². The van der Waals surface area contributed by atoms with Crippen LogP contribution in [0.3, 0.4) is 0 Å². The molecule has 0 saturated carbocycles. The molecular weight excluding hydrogens is 207 g/mol. The smallest absolute Gasteiger partial charge is 0.291 e. The summed E-state index contributed by atoms with van der Waals surface area (Å²) in [5, 5.41) is 21.3. The minimum Gasteiger partial charge on any atom is -0.371 e. The van der Waals surface area contributed by atoms with Gasteiger partial charge in [0.25, 0.3) is 5.09 Å². The van der Waals surface area contributed by atoms with Crippen molar-refractivity contribution in [2.24, 2.45) is 0 Å². The van der Waals surface area contributed by atoms with Gasteiger partial charge in [-0.3, -0.25) is 0 Å². The Balaban J connectivity index is -0.0000000720. The Morgan fingerprint density at radius 3 is 1.89 bits per heavy atom. The van der Waals surface area contributed by atoms with Gasteiger partial charge in [0.1, 0.15) is 6.79 Å². The van der Waals surface area contributed by atoms with Crippen LogP contribution in [0, 0.1) is 10.1 Å². The van der Waals surface area contributed by atoms with Crippen LogP contribution in [0.4, 0.5) is 0 Å². The zero-order valence-electron chi connectivity index (χ0n) is 4.85. The molecule has 0 rings (SSSR count). The van der Waals surface area contributed by atoms with E-state index in [4.69, 9.17) is 20.4 Å². The molecule has 0 atom stereocenters. The third-order valence-electron chi connectivity index (χ3n) is 0.129. The molecule has 0 bridgehead atoms. The molecule has 0 spiro atoms. The molecule has 0 fully saturated rings. The summed E-state index contributed by atoms with van der Waals surface area (Å²) in [5.74, 6) is 0. The fourth-order valence-electron chi connectivity index (χ4n) is 0. The quantitative estimate of drug-likeness (QED) is 0.339. The standard InChI is InChI=1S/C2H6O2.HNO3.Y/c1-4-2-3;2-1(3)4;/h3H,2H2,1H3;(H,2,3,4);. The summed E-state index contributed by atoms with van der Waals surface area (Å²) in [7, 11) is 1.43. The van der Waals surface area contributed by atoms with Gasteiger partial charge in [0, 0.05) is 39.8 Å². The third-order valence-corrected chi connectivity index (χ3v) is 0.129. The predicted molar refractivity (Wildman–Crippen MR) is 22.9 cm³/mol. The van der Waals surface area contributed by atoms with Gasteiger partial charge in [-0.05, 0) is 0 Å². The van der Waals surface area contributed by atoms with Crippen molar-refractivity contribution in [3.05, 3.63) is 10.1 Å². The van der Waals surface area contributed by atoms with Gasteiger partial charge in [-0.25, -0.2) is 0 Å². The van der Waals surface area contributed by atoms with Crippen LogP contribution in [0.25, 0.3) is 0 Å². The van der Waals surface area contributed by atoms with E-state index in [0.29, 0.717) is 0 Å². The average Bonchev–Trinajstić information content (AvgIpc) is 1.65. The van der Waals surface area contributed by atoms with Gasteiger partial charge in [0.15, 0.2) is 0 Å². The maximum Gasteiger partial charge on any atom is 0.291 e. The molecule has 2 N–H and O–H groups in total. The van der Waals surface area contributed by atoms with E-state index in [1.54, 1.807) is 0 Å². The van der Waals surface area contributed by atoms with Gasteiger partial charge in [-0.2, -0.15) is 0 Å². The molecule has 6 nitrogen and oxygen atoms in total. The van der Waals surface area contributed by atoms with Gasteiger partial charge >= 0.3 is 0 Å². The Labute approximate surface area is 76.8 Å². The summed E-state index contributed by atoms with van der Waals surface area (Å²) in [6, 6.07) is 0. The second kappa shape index (κ2) is 15.7. The van der Waals surface area contributed by atoms with Gasteiger partial charge in [-0.15, -0.1) is 10.1 Å². The molecule has 0 aliphatic heterocycles. The molecule has 0 aromatic heterocycles. The molecule has 9 heavy (non-hydrogen) atoms. The maximum absolute atomic E-state index is 8.36. The molecule has 0 aliphatic carbocycles. The fraction of sp³-hybridized carbons (Fsp3) is 1.00. The Kier molecular flexibility index (Phi) is 28.1. The number of hydrogen-bond donors (Lipinski definition) is 2. The van der Waals surface area contributed by atoms with Crippen LogP contribution in [-0.4, -0.2) is 29.3 Å². The molecule has 1 radical (unpaired) electrons. The zero-order valence-corrected chi connectivity index (χ0v) is 7.69. The SMILES string of the molecule is COCO.O=[N+]([O-])O.[Y]. The Bertz CT molecular complexity index is 52.9. The van der Waals surface area contributed by atoms with Gasteiger partial charge in [0.2, 0.25) is 0 Å². The van der Waals surface area contributed by atoms with Crippen LogP contribution < -0.4 is 0 Å². The second-order valence-corrected chi connectivity index (χ2v) is 0.656. The summed E-state index contributed by atoms with van der Waals surface area (Å²) in [5.41, 5.74) is 0. The summed E-state index contributed by atoms with van der Waals surface area (Å²) in [4.78, 5) is 8.36. The largest absolute Gasteiger partial charge is 0.371 e. The van der Waals surface area contributed by atoms with E-state index < -0.39 is 5.09 Å². The molecule has 0 unspecified atom stereocenters. The number of nitrogens with zero attached hydrogens (tertiary/aromatic N) is 1. The van der Waals surface area contributed by atoms with Crippen LogP contribution >= 0.6 is 0 Å². The van der Waals surface area contributed by atoms with E-state index in [9.17, 15) is 0 Å². The number of hydrogen-bond acceptors (Lipinski definition) is 4. The fourth-order valence-corrected chi connectivity index (χ4v) is 0. The number of aliphatic hydroxyl groups excluding tert-OH is 1. The van der Waals surface area contributed by atoms with Crippen molar-refractivity contribution >= 4 is 0 Å². The van der Waals surface area contributed by atoms with E-state index in [0.717, 1.165) is 0 Å². The molecule has 0 amide bonds. The minimum atomic E-state index is -1.50. The van der Waals surface area contributed by atoms with Crippen LogP contribution in [-0.2, 0) is 37.4 Å². The minimum absolute atomic E-state index is 0.